The summed E-state index contributed by atoms with van der Waals surface area (Å²) in [6, 6.07) is 71.6. The fourth-order valence-electron chi connectivity index (χ4n) is 12.2. The number of para-hydroxylation sites is 3. The van der Waals surface area contributed by atoms with Crippen molar-refractivity contribution in [3.8, 4) is 22.3 Å². The summed E-state index contributed by atoms with van der Waals surface area (Å²) >= 11 is 0. The Morgan fingerprint density at radius 1 is 0.458 bits per heavy atom. The van der Waals surface area contributed by atoms with Crippen LogP contribution >= 0.6 is 0 Å². The molecule has 0 spiro atoms. The average molecular weight is 749 g/mol. The van der Waals surface area contributed by atoms with Gasteiger partial charge in [-0.15, -0.1) is 0 Å². The molecular formula is C56H37BN2. The monoisotopic (exact) mass is 748 g/mol. The third kappa shape index (κ3) is 3.68. The van der Waals surface area contributed by atoms with Gasteiger partial charge < -0.3 is 9.38 Å². The number of rotatable bonds is 2. The van der Waals surface area contributed by atoms with Crippen LogP contribution in [0.2, 0.25) is 0 Å². The van der Waals surface area contributed by atoms with Crippen LogP contribution in [-0.2, 0) is 10.8 Å². The molecule has 4 aliphatic rings. The predicted molar refractivity (Wildman–Crippen MR) is 247 cm³/mol. The molecule has 0 atom stereocenters. The average Bonchev–Trinajstić information content (AvgIpc) is 3.73. The van der Waals surface area contributed by atoms with Crippen LogP contribution in [0.25, 0.3) is 54.8 Å². The molecule has 4 heterocycles. The van der Waals surface area contributed by atoms with Crippen LogP contribution in [0.4, 0.5) is 17.1 Å². The van der Waals surface area contributed by atoms with Crippen LogP contribution < -0.4 is 15.8 Å². The fourth-order valence-corrected chi connectivity index (χ4v) is 12.2. The summed E-state index contributed by atoms with van der Waals surface area (Å²) in [6.07, 6.45) is 0. The Labute approximate surface area is 343 Å². The topological polar surface area (TPSA) is 8.17 Å². The Bertz CT molecular complexity index is 3450. The van der Waals surface area contributed by atoms with Crippen molar-refractivity contribution >= 4 is 67.4 Å². The Balaban J connectivity index is 1.23. The minimum atomic E-state index is -0.562. The lowest BCUT2D eigenvalue weighted by atomic mass is 9.43. The van der Waals surface area contributed by atoms with Crippen molar-refractivity contribution in [3.63, 3.8) is 0 Å². The minimum Gasteiger partial charge on any atom is -0.375 e. The van der Waals surface area contributed by atoms with Gasteiger partial charge in [-0.3, -0.25) is 0 Å². The number of fused-ring (bicyclic) bond motifs is 14. The Morgan fingerprint density at radius 3 is 1.86 bits per heavy atom. The molecule has 59 heavy (non-hydrogen) atoms. The first-order valence-electron chi connectivity index (χ1n) is 21.0. The van der Waals surface area contributed by atoms with Gasteiger partial charge in [0.25, 0.3) is 0 Å². The van der Waals surface area contributed by atoms with Gasteiger partial charge in [0.15, 0.2) is 0 Å². The molecule has 9 aromatic carbocycles. The second-order valence-corrected chi connectivity index (χ2v) is 17.5. The summed E-state index contributed by atoms with van der Waals surface area (Å²) in [5, 5.41) is 5.18. The molecule has 0 fully saturated rings. The number of benzene rings is 9. The lowest BCUT2D eigenvalue weighted by Crippen LogP contribution is -2.58. The number of hydrogen-bond acceptors (Lipinski definition) is 1. The van der Waals surface area contributed by atoms with E-state index >= 15 is 0 Å². The molecule has 2 nitrogen and oxygen atoms in total. The summed E-state index contributed by atoms with van der Waals surface area (Å²) in [5.41, 5.74) is 21.8. The zero-order valence-corrected chi connectivity index (χ0v) is 32.9. The highest BCUT2D eigenvalue weighted by atomic mass is 15.2. The van der Waals surface area contributed by atoms with Gasteiger partial charge >= 0.3 is 6.85 Å². The molecular weight excluding hydrogens is 711 g/mol. The maximum atomic E-state index is 2.73. The summed E-state index contributed by atoms with van der Waals surface area (Å²) in [6.45, 7) is 4.81. The van der Waals surface area contributed by atoms with Crippen molar-refractivity contribution in [3.05, 3.63) is 221 Å². The van der Waals surface area contributed by atoms with Gasteiger partial charge in [0.1, 0.15) is 0 Å². The van der Waals surface area contributed by atoms with Crippen molar-refractivity contribution < 1.29 is 0 Å². The molecule has 1 aromatic heterocycles. The summed E-state index contributed by atoms with van der Waals surface area (Å²) in [7, 11) is 0. The summed E-state index contributed by atoms with van der Waals surface area (Å²) in [5.74, 6) is 0. The molecule has 0 radical (unpaired) electrons. The van der Waals surface area contributed by atoms with Gasteiger partial charge in [-0.1, -0.05) is 178 Å². The molecule has 1 aliphatic carbocycles. The third-order valence-corrected chi connectivity index (χ3v) is 14.6. The van der Waals surface area contributed by atoms with Crippen LogP contribution in [0.1, 0.15) is 47.2 Å². The first-order chi connectivity index (χ1) is 29.1. The molecule has 3 aliphatic heterocycles. The third-order valence-electron chi connectivity index (χ3n) is 14.6. The molecule has 10 aromatic rings. The molecule has 14 rings (SSSR count). The van der Waals surface area contributed by atoms with E-state index in [9.17, 15) is 0 Å². The lowest BCUT2D eigenvalue weighted by molar-refractivity contribution is 0.660. The Kier molecular flexibility index (Phi) is 5.89. The zero-order valence-electron chi connectivity index (χ0n) is 32.9. The van der Waals surface area contributed by atoms with Gasteiger partial charge in [0.05, 0.1) is 16.8 Å². The molecule has 0 amide bonds. The van der Waals surface area contributed by atoms with Crippen LogP contribution in [0.3, 0.4) is 0 Å². The van der Waals surface area contributed by atoms with E-state index in [0.29, 0.717) is 0 Å². The smallest absolute Gasteiger partial charge is 0.333 e. The minimum absolute atomic E-state index is 0.0575. The first-order valence-corrected chi connectivity index (χ1v) is 21.0. The van der Waals surface area contributed by atoms with Crippen LogP contribution in [0.5, 0.6) is 0 Å². The number of aromatic nitrogens is 1. The van der Waals surface area contributed by atoms with E-state index in [1.807, 2.05) is 0 Å². The van der Waals surface area contributed by atoms with Crippen LogP contribution in [0, 0.1) is 0 Å². The van der Waals surface area contributed by atoms with Crippen molar-refractivity contribution in [1.29, 1.82) is 0 Å². The summed E-state index contributed by atoms with van der Waals surface area (Å²) in [4.78, 5) is 2.71. The second-order valence-electron chi connectivity index (χ2n) is 17.5. The molecule has 0 unspecified atom stereocenters. The quantitative estimate of drug-likeness (QED) is 0.160. The van der Waals surface area contributed by atoms with Crippen molar-refractivity contribution in [2.24, 2.45) is 0 Å². The SMILES string of the molecule is CC1(C)c2ccccc2-c2c1cc1c3c2N2c4ccccc4C(c4ccccc4)(c4ccccc4)c4cccc(c42)B3n2c3cc4ccccc4cc3c3cccc-1c32. The van der Waals surface area contributed by atoms with Gasteiger partial charge in [0, 0.05) is 44.0 Å². The van der Waals surface area contributed by atoms with Crippen molar-refractivity contribution in [2.45, 2.75) is 24.7 Å². The lowest BCUT2D eigenvalue weighted by Gasteiger charge is -2.51. The normalized spacial score (nSPS) is 15.5. The summed E-state index contributed by atoms with van der Waals surface area (Å²) < 4.78 is 2.73. The molecule has 0 bridgehead atoms. The van der Waals surface area contributed by atoms with E-state index in [4.69, 9.17) is 0 Å². The molecule has 274 valence electrons. The number of anilines is 3. The number of hydrogen-bond donors (Lipinski definition) is 0. The van der Waals surface area contributed by atoms with Crippen LogP contribution in [0.15, 0.2) is 188 Å². The van der Waals surface area contributed by atoms with Crippen molar-refractivity contribution in [2.75, 3.05) is 4.90 Å². The molecule has 3 heteroatoms. The van der Waals surface area contributed by atoms with Gasteiger partial charge in [-0.25, -0.2) is 0 Å². The van der Waals surface area contributed by atoms with E-state index in [0.717, 1.165) is 0 Å². The Morgan fingerprint density at radius 2 is 1.08 bits per heavy atom. The van der Waals surface area contributed by atoms with E-state index in [2.05, 4.69) is 211 Å². The van der Waals surface area contributed by atoms with Crippen LogP contribution in [-0.4, -0.2) is 11.3 Å². The maximum absolute atomic E-state index is 2.73. The highest BCUT2D eigenvalue weighted by Crippen LogP contribution is 2.62. The van der Waals surface area contributed by atoms with E-state index in [1.54, 1.807) is 0 Å². The Hall–Kier alpha value is -7.10. The largest absolute Gasteiger partial charge is 0.375 e. The number of nitrogens with zero attached hydrogens (tertiary/aromatic N) is 2. The van der Waals surface area contributed by atoms with Gasteiger partial charge in [-0.05, 0) is 90.5 Å². The first kappa shape index (κ1) is 31.9. The van der Waals surface area contributed by atoms with E-state index in [1.165, 1.54) is 116 Å². The zero-order chi connectivity index (χ0) is 38.8. The van der Waals surface area contributed by atoms with E-state index in [-0.39, 0.29) is 12.3 Å². The van der Waals surface area contributed by atoms with E-state index < -0.39 is 5.41 Å². The second kappa shape index (κ2) is 10.9. The highest BCUT2D eigenvalue weighted by Gasteiger charge is 2.54. The predicted octanol–water partition coefficient (Wildman–Crippen LogP) is 12.4. The molecule has 0 saturated carbocycles. The van der Waals surface area contributed by atoms with Gasteiger partial charge in [0.2, 0.25) is 0 Å². The fraction of sp³-hybridized carbons (Fsp3) is 0.0714. The highest BCUT2D eigenvalue weighted by molar-refractivity contribution is 6.90. The maximum Gasteiger partial charge on any atom is 0.333 e. The van der Waals surface area contributed by atoms with Crippen molar-refractivity contribution in [1.82, 2.24) is 4.48 Å². The van der Waals surface area contributed by atoms with Gasteiger partial charge in [-0.2, -0.15) is 0 Å². The standard InChI is InChI=1S/C56H37BN2/c1-55(2)43-26-12-11-23-40(43)50-46(55)33-42-39-25-15-24-38-41-31-34-17-9-10-18-35(34)32-49(41)59(52(38)39)57-47-29-16-28-45-53(47)58(54(50)51(42)57)48-30-14-13-27-44(48)56(45,36-19-5-3-6-20-36)37-21-7-4-8-22-37/h3-33H,1-2H3. The molecule has 0 saturated heterocycles. The molecule has 0 N–H and O–H groups in total.